The summed E-state index contributed by atoms with van der Waals surface area (Å²) in [6.45, 7) is 2.43. The van der Waals surface area contributed by atoms with Crippen LogP contribution in [-0.4, -0.2) is 55.0 Å². The van der Waals surface area contributed by atoms with Crippen molar-refractivity contribution >= 4 is 17.5 Å². The highest BCUT2D eigenvalue weighted by molar-refractivity contribution is 5.82. The molecule has 1 aromatic rings. The van der Waals surface area contributed by atoms with Gasteiger partial charge in [0.15, 0.2) is 0 Å². The highest BCUT2D eigenvalue weighted by Crippen LogP contribution is 2.26. The number of nitrogens with zero attached hydrogens (tertiary/aromatic N) is 2. The molecule has 6 nitrogen and oxygen atoms in total. The van der Waals surface area contributed by atoms with Crippen LogP contribution in [0.25, 0.3) is 5.57 Å². The summed E-state index contributed by atoms with van der Waals surface area (Å²) in [6, 6.07) is 7.57. The van der Waals surface area contributed by atoms with Crippen LogP contribution in [0.15, 0.2) is 30.3 Å². The molecule has 1 fully saturated rings. The number of benzene rings is 1. The minimum absolute atomic E-state index is 0.128. The fourth-order valence-electron chi connectivity index (χ4n) is 3.57. The molecule has 3 amide bonds. The Morgan fingerprint density at radius 2 is 1.92 bits per heavy atom. The lowest BCUT2D eigenvalue weighted by Crippen LogP contribution is -2.49. The van der Waals surface area contributed by atoms with E-state index in [2.05, 4.69) is 6.08 Å². The summed E-state index contributed by atoms with van der Waals surface area (Å²) >= 11 is 0. The van der Waals surface area contributed by atoms with Crippen molar-refractivity contribution in [2.45, 2.75) is 19.3 Å². The highest BCUT2D eigenvalue weighted by atomic mass is 16.5. The number of carbonyl (C=O) groups excluding carboxylic acids is 2. The van der Waals surface area contributed by atoms with Gasteiger partial charge in [0.2, 0.25) is 5.91 Å². The normalized spacial score (nSPS) is 20.8. The molecule has 2 aliphatic heterocycles. The van der Waals surface area contributed by atoms with Crippen molar-refractivity contribution in [3.63, 3.8) is 0 Å². The Morgan fingerprint density at radius 3 is 2.52 bits per heavy atom. The lowest BCUT2D eigenvalue weighted by atomic mass is 9.94. The molecule has 25 heavy (non-hydrogen) atoms. The van der Waals surface area contributed by atoms with Crippen molar-refractivity contribution in [3.05, 3.63) is 35.9 Å². The van der Waals surface area contributed by atoms with Gasteiger partial charge >= 0.3 is 6.03 Å². The van der Waals surface area contributed by atoms with Crippen LogP contribution in [0, 0.1) is 5.92 Å². The van der Waals surface area contributed by atoms with Crippen LogP contribution in [0.1, 0.15) is 24.8 Å². The number of ether oxygens (including phenoxy) is 1. The molecule has 0 unspecified atom stereocenters. The summed E-state index contributed by atoms with van der Waals surface area (Å²) in [5, 5.41) is 0. The highest BCUT2D eigenvalue weighted by Gasteiger charge is 2.31. The summed E-state index contributed by atoms with van der Waals surface area (Å²) in [7, 11) is 1.66. The van der Waals surface area contributed by atoms with E-state index in [1.807, 2.05) is 29.2 Å². The smallest absolute Gasteiger partial charge is 0.314 e. The molecule has 0 aliphatic carbocycles. The van der Waals surface area contributed by atoms with Gasteiger partial charge in [-0.1, -0.05) is 18.2 Å². The van der Waals surface area contributed by atoms with Crippen molar-refractivity contribution in [2.75, 3.05) is 33.3 Å². The summed E-state index contributed by atoms with van der Waals surface area (Å²) in [6.07, 6.45) is 4.62. The van der Waals surface area contributed by atoms with E-state index in [1.54, 1.807) is 12.0 Å². The Morgan fingerprint density at radius 1 is 1.16 bits per heavy atom. The molecule has 6 heteroatoms. The van der Waals surface area contributed by atoms with Crippen molar-refractivity contribution in [2.24, 2.45) is 11.7 Å². The Hall–Kier alpha value is -2.50. The quantitative estimate of drug-likeness (QED) is 0.913. The predicted molar refractivity (Wildman–Crippen MR) is 96.0 cm³/mol. The number of hydrogen-bond donors (Lipinski definition) is 1. The predicted octanol–water partition coefficient (Wildman–Crippen LogP) is 2.10. The molecule has 0 spiro atoms. The van der Waals surface area contributed by atoms with Crippen molar-refractivity contribution in [1.82, 2.24) is 9.80 Å². The van der Waals surface area contributed by atoms with E-state index in [0.717, 1.165) is 25.0 Å². The van der Waals surface area contributed by atoms with Crippen LogP contribution < -0.4 is 10.5 Å². The van der Waals surface area contributed by atoms with E-state index in [0.29, 0.717) is 26.2 Å². The molecule has 0 saturated carbocycles. The molecule has 1 atom stereocenters. The Bertz CT molecular complexity index is 669. The van der Waals surface area contributed by atoms with Crippen LogP contribution in [0.2, 0.25) is 0 Å². The molecule has 0 radical (unpaired) electrons. The van der Waals surface area contributed by atoms with Gasteiger partial charge in [0.05, 0.1) is 13.0 Å². The van der Waals surface area contributed by atoms with E-state index in [4.69, 9.17) is 10.5 Å². The lowest BCUT2D eigenvalue weighted by Gasteiger charge is -2.35. The topological polar surface area (TPSA) is 75.9 Å². The number of urea groups is 1. The van der Waals surface area contributed by atoms with Crippen LogP contribution in [0.4, 0.5) is 4.79 Å². The number of likely N-dealkylation sites (tertiary alicyclic amines) is 1. The lowest BCUT2D eigenvalue weighted by molar-refractivity contribution is -0.136. The van der Waals surface area contributed by atoms with E-state index < -0.39 is 6.03 Å². The van der Waals surface area contributed by atoms with Gasteiger partial charge in [-0.25, -0.2) is 4.79 Å². The molecule has 1 saturated heterocycles. The number of rotatable bonds is 3. The molecule has 0 bridgehead atoms. The minimum atomic E-state index is -0.433. The number of primary amides is 1. The van der Waals surface area contributed by atoms with Crippen molar-refractivity contribution < 1.29 is 14.3 Å². The maximum absolute atomic E-state index is 12.7. The van der Waals surface area contributed by atoms with Gasteiger partial charge < -0.3 is 20.3 Å². The largest absolute Gasteiger partial charge is 0.497 e. The average Bonchev–Trinajstić information content (AvgIpc) is 2.67. The Kier molecular flexibility index (Phi) is 5.26. The number of hydrogen-bond acceptors (Lipinski definition) is 3. The SMILES string of the molecule is COc1ccc(C2=CCN(C(=O)[C@H]3CCCN(C(N)=O)C3)CC2)cc1. The number of nitrogens with two attached hydrogens (primary N) is 1. The second kappa shape index (κ2) is 7.59. The molecule has 2 aliphatic rings. The van der Waals surface area contributed by atoms with Gasteiger partial charge in [-0.15, -0.1) is 0 Å². The zero-order valence-electron chi connectivity index (χ0n) is 14.6. The molecule has 134 valence electrons. The number of methoxy groups -OCH3 is 1. The monoisotopic (exact) mass is 343 g/mol. The first-order valence-electron chi connectivity index (χ1n) is 8.75. The second-order valence-electron chi connectivity index (χ2n) is 6.62. The van der Waals surface area contributed by atoms with E-state index in [1.165, 1.54) is 11.1 Å². The average molecular weight is 343 g/mol. The summed E-state index contributed by atoms with van der Waals surface area (Å²) < 4.78 is 5.19. The molecule has 2 N–H and O–H groups in total. The van der Waals surface area contributed by atoms with Gasteiger partial charge in [0, 0.05) is 26.2 Å². The Balaban J connectivity index is 1.61. The minimum Gasteiger partial charge on any atom is -0.497 e. The molecule has 3 rings (SSSR count). The van der Waals surface area contributed by atoms with E-state index in [9.17, 15) is 9.59 Å². The first-order valence-corrected chi connectivity index (χ1v) is 8.75. The first kappa shape index (κ1) is 17.3. The summed E-state index contributed by atoms with van der Waals surface area (Å²) in [5.41, 5.74) is 7.79. The maximum Gasteiger partial charge on any atom is 0.314 e. The summed E-state index contributed by atoms with van der Waals surface area (Å²) in [5.74, 6) is 0.849. The first-order chi connectivity index (χ1) is 12.1. The van der Waals surface area contributed by atoms with Crippen LogP contribution in [0.3, 0.4) is 0 Å². The third kappa shape index (κ3) is 3.95. The third-order valence-corrected chi connectivity index (χ3v) is 5.06. The number of piperidine rings is 1. The molecule has 2 heterocycles. The Labute approximate surface area is 148 Å². The zero-order valence-corrected chi connectivity index (χ0v) is 14.6. The van der Waals surface area contributed by atoms with Gasteiger partial charge in [-0.05, 0) is 42.5 Å². The van der Waals surface area contributed by atoms with Crippen LogP contribution in [0.5, 0.6) is 5.75 Å². The van der Waals surface area contributed by atoms with Crippen LogP contribution in [-0.2, 0) is 4.79 Å². The standard InChI is InChI=1S/C19H25N3O3/c1-25-17-6-4-14(5-7-17)15-8-11-21(12-9-15)18(23)16-3-2-10-22(13-16)19(20)24/h4-8,16H,2-3,9-13H2,1H3,(H2,20,24)/t16-/m0/s1. The summed E-state index contributed by atoms with van der Waals surface area (Å²) in [4.78, 5) is 27.6. The molecular formula is C19H25N3O3. The zero-order chi connectivity index (χ0) is 17.8. The maximum atomic E-state index is 12.7. The van der Waals surface area contributed by atoms with Crippen LogP contribution >= 0.6 is 0 Å². The van der Waals surface area contributed by atoms with Gasteiger partial charge in [0.1, 0.15) is 5.75 Å². The van der Waals surface area contributed by atoms with E-state index in [-0.39, 0.29) is 11.8 Å². The van der Waals surface area contributed by atoms with Crippen molar-refractivity contribution in [3.8, 4) is 5.75 Å². The number of carbonyl (C=O) groups is 2. The van der Waals surface area contributed by atoms with Crippen molar-refractivity contribution in [1.29, 1.82) is 0 Å². The van der Waals surface area contributed by atoms with Gasteiger partial charge in [-0.2, -0.15) is 0 Å². The molecular weight excluding hydrogens is 318 g/mol. The number of amides is 3. The van der Waals surface area contributed by atoms with E-state index >= 15 is 0 Å². The molecule has 0 aromatic heterocycles. The van der Waals surface area contributed by atoms with Gasteiger partial charge in [0.25, 0.3) is 0 Å². The second-order valence-corrected chi connectivity index (χ2v) is 6.62. The van der Waals surface area contributed by atoms with Gasteiger partial charge in [-0.3, -0.25) is 4.79 Å². The fraction of sp³-hybridized carbons (Fsp3) is 0.474. The third-order valence-electron chi connectivity index (χ3n) is 5.06. The fourth-order valence-corrected chi connectivity index (χ4v) is 3.57. The molecule has 1 aromatic carbocycles.